The minimum absolute atomic E-state index is 0.0486. The number of carbonyl (C=O) groups is 1. The number of fused-ring (bicyclic) bond motifs is 1. The van der Waals surface area contributed by atoms with Crippen LogP contribution in [0.5, 0.6) is 0 Å². The predicted octanol–water partition coefficient (Wildman–Crippen LogP) is 3.83. The first-order chi connectivity index (χ1) is 11.0. The van der Waals surface area contributed by atoms with Crippen LogP contribution < -0.4 is 5.32 Å². The Balaban J connectivity index is 1.76. The zero-order valence-electron chi connectivity index (χ0n) is 12.5. The molecular weight excluding hydrogens is 358 g/mol. The predicted molar refractivity (Wildman–Crippen MR) is 92.3 cm³/mol. The second-order valence-corrected chi connectivity index (χ2v) is 6.44. The van der Waals surface area contributed by atoms with Crippen molar-refractivity contribution in [3.05, 3.63) is 70.4 Å². The minimum atomic E-state index is -1.30. The van der Waals surface area contributed by atoms with Gasteiger partial charge in [0.05, 0.1) is 12.1 Å². The maximum Gasteiger partial charge on any atom is 0.252 e. The topological polar surface area (TPSA) is 62.5 Å². The third-order valence-corrected chi connectivity index (χ3v) is 4.36. The van der Waals surface area contributed by atoms with E-state index in [2.05, 4.69) is 21.2 Å². The number of benzene rings is 2. The largest absolute Gasteiger partial charge is 0.458 e. The highest BCUT2D eigenvalue weighted by atomic mass is 79.9. The van der Waals surface area contributed by atoms with Crippen molar-refractivity contribution in [1.29, 1.82) is 0 Å². The summed E-state index contributed by atoms with van der Waals surface area (Å²) < 4.78 is 6.39. The van der Waals surface area contributed by atoms with Crippen molar-refractivity contribution in [3.8, 4) is 0 Å². The van der Waals surface area contributed by atoms with E-state index in [1.54, 1.807) is 31.2 Å². The molecule has 118 valence electrons. The summed E-state index contributed by atoms with van der Waals surface area (Å²) in [4.78, 5) is 12.2. The summed E-state index contributed by atoms with van der Waals surface area (Å²) in [6.07, 6.45) is 0. The third kappa shape index (κ3) is 3.30. The maximum atomic E-state index is 12.2. The van der Waals surface area contributed by atoms with Gasteiger partial charge in [0.2, 0.25) is 0 Å². The number of amides is 1. The maximum absolute atomic E-state index is 12.2. The Hall–Kier alpha value is -2.11. The average molecular weight is 374 g/mol. The Morgan fingerprint density at radius 3 is 2.65 bits per heavy atom. The van der Waals surface area contributed by atoms with Crippen LogP contribution in [-0.2, 0) is 5.60 Å². The van der Waals surface area contributed by atoms with E-state index in [0.29, 0.717) is 21.4 Å². The first kappa shape index (κ1) is 15.8. The minimum Gasteiger partial charge on any atom is -0.458 e. The standard InChI is InChI=1S/C18H16BrNO3/c1-18(22,16-10-12-6-2-5-9-15(12)23-16)11-20-17(21)13-7-3-4-8-14(13)19/h2-10,22H,11H2,1H3,(H,20,21)/t18-/m1/s1. The van der Waals surface area contributed by atoms with Crippen molar-refractivity contribution in [1.82, 2.24) is 5.32 Å². The van der Waals surface area contributed by atoms with Gasteiger partial charge in [-0.1, -0.05) is 30.3 Å². The fourth-order valence-corrected chi connectivity index (χ4v) is 2.79. The van der Waals surface area contributed by atoms with Crippen LogP contribution in [0.4, 0.5) is 0 Å². The normalized spacial score (nSPS) is 13.7. The summed E-state index contributed by atoms with van der Waals surface area (Å²) in [6.45, 7) is 1.66. The van der Waals surface area contributed by atoms with E-state index in [0.717, 1.165) is 5.39 Å². The van der Waals surface area contributed by atoms with Crippen LogP contribution in [0, 0.1) is 0 Å². The van der Waals surface area contributed by atoms with E-state index >= 15 is 0 Å². The summed E-state index contributed by atoms with van der Waals surface area (Å²) in [5, 5.41) is 14.3. The molecule has 5 heteroatoms. The lowest BCUT2D eigenvalue weighted by Gasteiger charge is -2.21. The first-order valence-corrected chi connectivity index (χ1v) is 8.01. The van der Waals surface area contributed by atoms with Crippen LogP contribution in [0.1, 0.15) is 23.0 Å². The zero-order valence-corrected chi connectivity index (χ0v) is 14.1. The molecule has 2 N–H and O–H groups in total. The number of aliphatic hydroxyl groups is 1. The monoisotopic (exact) mass is 373 g/mol. The molecule has 2 aromatic carbocycles. The average Bonchev–Trinajstić information content (AvgIpc) is 2.98. The van der Waals surface area contributed by atoms with Crippen LogP contribution in [0.2, 0.25) is 0 Å². The molecule has 3 rings (SSSR count). The molecule has 1 amide bonds. The molecule has 0 saturated carbocycles. The van der Waals surface area contributed by atoms with Crippen LogP contribution >= 0.6 is 15.9 Å². The molecule has 0 radical (unpaired) electrons. The molecular formula is C18H16BrNO3. The molecule has 0 aliphatic carbocycles. The lowest BCUT2D eigenvalue weighted by molar-refractivity contribution is 0.0344. The van der Waals surface area contributed by atoms with Crippen molar-refractivity contribution >= 4 is 32.8 Å². The molecule has 1 aromatic heterocycles. The van der Waals surface area contributed by atoms with Gasteiger partial charge >= 0.3 is 0 Å². The third-order valence-electron chi connectivity index (χ3n) is 3.67. The number of hydrogen-bond acceptors (Lipinski definition) is 3. The van der Waals surface area contributed by atoms with E-state index in [4.69, 9.17) is 4.42 Å². The smallest absolute Gasteiger partial charge is 0.252 e. The number of halogens is 1. The van der Waals surface area contributed by atoms with E-state index in [1.807, 2.05) is 30.3 Å². The summed E-state index contributed by atoms with van der Waals surface area (Å²) in [6, 6.07) is 16.5. The fraction of sp³-hybridized carbons (Fsp3) is 0.167. The highest BCUT2D eigenvalue weighted by Gasteiger charge is 2.28. The molecule has 0 aliphatic rings. The Morgan fingerprint density at radius 1 is 1.22 bits per heavy atom. The lowest BCUT2D eigenvalue weighted by Crippen LogP contribution is -2.38. The van der Waals surface area contributed by atoms with Gasteiger partial charge in [-0.25, -0.2) is 0 Å². The summed E-state index contributed by atoms with van der Waals surface area (Å²) in [5.41, 5.74) is -0.0662. The van der Waals surface area contributed by atoms with Crippen LogP contribution in [0.3, 0.4) is 0 Å². The molecule has 3 aromatic rings. The number of carbonyl (C=O) groups excluding carboxylic acids is 1. The van der Waals surface area contributed by atoms with Crippen molar-refractivity contribution in [2.24, 2.45) is 0 Å². The van der Waals surface area contributed by atoms with Crippen LogP contribution in [-0.4, -0.2) is 17.6 Å². The Bertz CT molecular complexity index is 821. The van der Waals surface area contributed by atoms with Gasteiger partial charge in [0.15, 0.2) is 0 Å². The second-order valence-electron chi connectivity index (χ2n) is 5.58. The molecule has 0 saturated heterocycles. The number of rotatable bonds is 4. The van der Waals surface area contributed by atoms with Gasteiger partial charge in [-0.2, -0.15) is 0 Å². The van der Waals surface area contributed by atoms with Crippen molar-refractivity contribution in [2.75, 3.05) is 6.54 Å². The lowest BCUT2D eigenvalue weighted by atomic mass is 10.0. The Morgan fingerprint density at radius 2 is 1.91 bits per heavy atom. The summed E-state index contributed by atoms with van der Waals surface area (Å²) in [5.74, 6) is 0.167. The number of para-hydroxylation sites is 1. The molecule has 0 fully saturated rings. The van der Waals surface area contributed by atoms with Gasteiger partial charge in [0.1, 0.15) is 16.9 Å². The number of nitrogens with one attached hydrogen (secondary N) is 1. The molecule has 1 heterocycles. The summed E-state index contributed by atoms with van der Waals surface area (Å²) in [7, 11) is 0. The van der Waals surface area contributed by atoms with E-state index in [9.17, 15) is 9.90 Å². The van der Waals surface area contributed by atoms with Gasteiger partial charge in [-0.3, -0.25) is 4.79 Å². The van der Waals surface area contributed by atoms with Crippen LogP contribution in [0.25, 0.3) is 11.0 Å². The van der Waals surface area contributed by atoms with E-state index < -0.39 is 5.60 Å². The van der Waals surface area contributed by atoms with Crippen molar-refractivity contribution in [3.63, 3.8) is 0 Å². The molecule has 0 aliphatic heterocycles. The van der Waals surface area contributed by atoms with E-state index in [-0.39, 0.29) is 12.5 Å². The molecule has 0 unspecified atom stereocenters. The van der Waals surface area contributed by atoms with Crippen molar-refractivity contribution in [2.45, 2.75) is 12.5 Å². The van der Waals surface area contributed by atoms with Gasteiger partial charge in [0.25, 0.3) is 5.91 Å². The first-order valence-electron chi connectivity index (χ1n) is 7.21. The van der Waals surface area contributed by atoms with Gasteiger partial charge in [-0.05, 0) is 47.1 Å². The Labute approximate surface area is 142 Å². The molecule has 0 spiro atoms. The SMILES string of the molecule is C[C@@](O)(CNC(=O)c1ccccc1Br)c1cc2ccccc2o1. The highest BCUT2D eigenvalue weighted by molar-refractivity contribution is 9.10. The van der Waals surface area contributed by atoms with Gasteiger partial charge < -0.3 is 14.8 Å². The second kappa shape index (κ2) is 6.18. The van der Waals surface area contributed by atoms with Gasteiger partial charge in [-0.15, -0.1) is 0 Å². The highest BCUT2D eigenvalue weighted by Crippen LogP contribution is 2.27. The molecule has 23 heavy (non-hydrogen) atoms. The number of furan rings is 1. The zero-order chi connectivity index (χ0) is 16.4. The Kier molecular flexibility index (Phi) is 4.24. The van der Waals surface area contributed by atoms with Crippen LogP contribution in [0.15, 0.2) is 63.5 Å². The molecule has 4 nitrogen and oxygen atoms in total. The quantitative estimate of drug-likeness (QED) is 0.730. The summed E-state index contributed by atoms with van der Waals surface area (Å²) >= 11 is 3.34. The van der Waals surface area contributed by atoms with Crippen molar-refractivity contribution < 1.29 is 14.3 Å². The molecule has 0 bridgehead atoms. The van der Waals surface area contributed by atoms with E-state index in [1.165, 1.54) is 0 Å². The fourth-order valence-electron chi connectivity index (χ4n) is 2.33. The number of hydrogen-bond donors (Lipinski definition) is 2. The van der Waals surface area contributed by atoms with Gasteiger partial charge in [0, 0.05) is 9.86 Å². The molecule has 1 atom stereocenters.